The van der Waals surface area contributed by atoms with Crippen LogP contribution in [0.15, 0.2) is 0 Å². The maximum Gasteiger partial charge on any atom is 0.233 e. The molecule has 1 rings (SSSR count). The molecule has 1 aliphatic carbocycles. The number of hydrogen-bond donors (Lipinski definition) is 2. The predicted molar refractivity (Wildman–Crippen MR) is 74.8 cm³/mol. The first-order chi connectivity index (χ1) is 8.06. The molecule has 0 bridgehead atoms. The maximum absolute atomic E-state index is 12.2. The van der Waals surface area contributed by atoms with E-state index in [4.69, 9.17) is 18.0 Å². The molecule has 98 valence electrons. The zero-order valence-corrected chi connectivity index (χ0v) is 11.7. The number of nitrogens with two attached hydrogens (primary N) is 1. The lowest BCUT2D eigenvalue weighted by Gasteiger charge is -2.29. The van der Waals surface area contributed by atoms with Crippen molar-refractivity contribution in [3.63, 3.8) is 0 Å². The maximum atomic E-state index is 12.2. The van der Waals surface area contributed by atoms with Gasteiger partial charge in [-0.3, -0.25) is 4.79 Å². The summed E-state index contributed by atoms with van der Waals surface area (Å²) >= 11 is 5.07. The second kappa shape index (κ2) is 6.34. The van der Waals surface area contributed by atoms with Gasteiger partial charge in [-0.05, 0) is 31.6 Å². The van der Waals surface area contributed by atoms with Crippen molar-refractivity contribution in [3.05, 3.63) is 0 Å². The molecule has 1 amide bonds. The van der Waals surface area contributed by atoms with Crippen molar-refractivity contribution < 1.29 is 4.79 Å². The Morgan fingerprint density at radius 1 is 1.35 bits per heavy atom. The van der Waals surface area contributed by atoms with Crippen molar-refractivity contribution in [1.29, 1.82) is 0 Å². The summed E-state index contributed by atoms with van der Waals surface area (Å²) in [6.07, 6.45) is 6.41. The van der Waals surface area contributed by atoms with Crippen LogP contribution in [0.4, 0.5) is 0 Å². The Bertz CT molecular complexity index is 281. The van der Waals surface area contributed by atoms with Crippen LogP contribution in [0.25, 0.3) is 0 Å². The molecule has 3 nitrogen and oxygen atoms in total. The van der Waals surface area contributed by atoms with Crippen LogP contribution >= 0.6 is 12.2 Å². The zero-order chi connectivity index (χ0) is 12.9. The van der Waals surface area contributed by atoms with Crippen molar-refractivity contribution in [2.75, 3.05) is 6.54 Å². The van der Waals surface area contributed by atoms with Gasteiger partial charge in [0.05, 0.1) is 10.4 Å². The van der Waals surface area contributed by atoms with Crippen molar-refractivity contribution >= 4 is 23.1 Å². The molecule has 0 radical (unpaired) electrons. The SMILES string of the molecule is CCC(CC)(C(=O)NCC1CCCC1)C(N)=S. The molecule has 0 unspecified atom stereocenters. The van der Waals surface area contributed by atoms with Crippen LogP contribution < -0.4 is 11.1 Å². The highest BCUT2D eigenvalue weighted by Crippen LogP contribution is 2.28. The molecule has 0 heterocycles. The highest BCUT2D eigenvalue weighted by molar-refractivity contribution is 7.80. The van der Waals surface area contributed by atoms with E-state index in [9.17, 15) is 4.79 Å². The van der Waals surface area contributed by atoms with Gasteiger partial charge in [-0.2, -0.15) is 0 Å². The Morgan fingerprint density at radius 2 is 1.88 bits per heavy atom. The van der Waals surface area contributed by atoms with Crippen LogP contribution in [-0.4, -0.2) is 17.4 Å². The van der Waals surface area contributed by atoms with E-state index in [1.54, 1.807) is 0 Å². The van der Waals surface area contributed by atoms with E-state index in [-0.39, 0.29) is 5.91 Å². The van der Waals surface area contributed by atoms with E-state index in [1.807, 2.05) is 13.8 Å². The molecule has 1 aliphatic rings. The van der Waals surface area contributed by atoms with Gasteiger partial charge < -0.3 is 11.1 Å². The lowest BCUT2D eigenvalue weighted by molar-refractivity contribution is -0.128. The van der Waals surface area contributed by atoms with E-state index in [0.717, 1.165) is 6.54 Å². The van der Waals surface area contributed by atoms with Crippen molar-refractivity contribution in [2.24, 2.45) is 17.1 Å². The van der Waals surface area contributed by atoms with E-state index in [1.165, 1.54) is 25.7 Å². The summed E-state index contributed by atoms with van der Waals surface area (Å²) in [5.74, 6) is 0.665. The first kappa shape index (κ1) is 14.4. The lowest BCUT2D eigenvalue weighted by Crippen LogP contribution is -2.49. The minimum Gasteiger partial charge on any atom is -0.392 e. The zero-order valence-electron chi connectivity index (χ0n) is 10.9. The number of nitrogens with one attached hydrogen (secondary N) is 1. The Balaban J connectivity index is 2.56. The van der Waals surface area contributed by atoms with E-state index >= 15 is 0 Å². The quantitative estimate of drug-likeness (QED) is 0.717. The minimum absolute atomic E-state index is 0.0156. The summed E-state index contributed by atoms with van der Waals surface area (Å²) in [7, 11) is 0. The fraction of sp³-hybridized carbons (Fsp3) is 0.846. The highest BCUT2D eigenvalue weighted by Gasteiger charge is 2.38. The van der Waals surface area contributed by atoms with Gasteiger partial charge in [0, 0.05) is 6.54 Å². The van der Waals surface area contributed by atoms with Crippen LogP contribution in [-0.2, 0) is 4.79 Å². The number of hydrogen-bond acceptors (Lipinski definition) is 2. The molecular formula is C13H24N2OS. The van der Waals surface area contributed by atoms with Gasteiger partial charge in [0.2, 0.25) is 5.91 Å². The molecule has 1 saturated carbocycles. The molecule has 0 spiro atoms. The summed E-state index contributed by atoms with van der Waals surface area (Å²) in [4.78, 5) is 12.6. The van der Waals surface area contributed by atoms with Gasteiger partial charge >= 0.3 is 0 Å². The number of amides is 1. The van der Waals surface area contributed by atoms with Crippen molar-refractivity contribution in [1.82, 2.24) is 5.32 Å². The fourth-order valence-corrected chi connectivity index (χ4v) is 3.03. The van der Waals surface area contributed by atoms with Gasteiger partial charge in [-0.25, -0.2) is 0 Å². The summed E-state index contributed by atoms with van der Waals surface area (Å²) in [6.45, 7) is 4.72. The standard InChI is InChI=1S/C13H24N2OS/c1-3-13(4-2,11(14)17)12(16)15-9-10-7-5-6-8-10/h10H,3-9H2,1-2H3,(H2,14,17)(H,15,16). The average Bonchev–Trinajstić information content (AvgIpc) is 2.81. The largest absolute Gasteiger partial charge is 0.392 e. The van der Waals surface area contributed by atoms with E-state index in [0.29, 0.717) is 23.7 Å². The van der Waals surface area contributed by atoms with E-state index in [2.05, 4.69) is 5.32 Å². The minimum atomic E-state index is -0.645. The van der Waals surface area contributed by atoms with Crippen molar-refractivity contribution in [2.45, 2.75) is 52.4 Å². The van der Waals surface area contributed by atoms with Gasteiger partial charge in [-0.1, -0.05) is 38.9 Å². The van der Waals surface area contributed by atoms with Gasteiger partial charge in [0.15, 0.2) is 0 Å². The molecule has 0 aromatic carbocycles. The smallest absolute Gasteiger partial charge is 0.233 e. The van der Waals surface area contributed by atoms with E-state index < -0.39 is 5.41 Å². The first-order valence-electron chi connectivity index (χ1n) is 6.65. The van der Waals surface area contributed by atoms with Crippen LogP contribution in [0.3, 0.4) is 0 Å². The fourth-order valence-electron chi connectivity index (χ4n) is 2.65. The highest BCUT2D eigenvalue weighted by atomic mass is 32.1. The molecule has 0 aromatic heterocycles. The van der Waals surface area contributed by atoms with Crippen LogP contribution in [0.1, 0.15) is 52.4 Å². The molecule has 0 aromatic rings. The van der Waals surface area contributed by atoms with Gasteiger partial charge in [-0.15, -0.1) is 0 Å². The van der Waals surface area contributed by atoms with Crippen LogP contribution in [0.2, 0.25) is 0 Å². The first-order valence-corrected chi connectivity index (χ1v) is 7.05. The normalized spacial score (nSPS) is 17.1. The Hall–Kier alpha value is -0.640. The topological polar surface area (TPSA) is 55.1 Å². The lowest BCUT2D eigenvalue weighted by atomic mass is 9.81. The van der Waals surface area contributed by atoms with Crippen LogP contribution in [0.5, 0.6) is 0 Å². The van der Waals surface area contributed by atoms with Gasteiger partial charge in [0.1, 0.15) is 0 Å². The molecule has 17 heavy (non-hydrogen) atoms. The number of thiocarbonyl (C=S) groups is 1. The molecule has 0 atom stereocenters. The third-order valence-electron chi connectivity index (χ3n) is 4.14. The number of carbonyl (C=O) groups is 1. The number of carbonyl (C=O) groups excluding carboxylic acids is 1. The predicted octanol–water partition coefficient (Wildman–Crippen LogP) is 2.39. The molecule has 0 aliphatic heterocycles. The molecule has 0 saturated heterocycles. The molecule has 1 fully saturated rings. The Kier molecular flexibility index (Phi) is 5.37. The molecular weight excluding hydrogens is 232 g/mol. The Labute approximate surface area is 110 Å². The summed E-state index contributed by atoms with van der Waals surface area (Å²) < 4.78 is 0. The second-order valence-corrected chi connectivity index (χ2v) is 5.45. The van der Waals surface area contributed by atoms with Crippen molar-refractivity contribution in [3.8, 4) is 0 Å². The van der Waals surface area contributed by atoms with Gasteiger partial charge in [0.25, 0.3) is 0 Å². The molecule has 3 N–H and O–H groups in total. The third-order valence-corrected chi connectivity index (χ3v) is 4.53. The summed E-state index contributed by atoms with van der Waals surface area (Å²) in [5, 5.41) is 3.04. The third kappa shape index (κ3) is 3.18. The monoisotopic (exact) mass is 256 g/mol. The Morgan fingerprint density at radius 3 is 2.29 bits per heavy atom. The molecule has 4 heteroatoms. The second-order valence-electron chi connectivity index (χ2n) is 5.01. The van der Waals surface area contributed by atoms with Crippen LogP contribution in [0, 0.1) is 11.3 Å². The summed E-state index contributed by atoms with van der Waals surface area (Å²) in [6, 6.07) is 0. The number of rotatable bonds is 6. The average molecular weight is 256 g/mol. The summed E-state index contributed by atoms with van der Waals surface area (Å²) in [5.41, 5.74) is 5.10.